The summed E-state index contributed by atoms with van der Waals surface area (Å²) >= 11 is 0. The van der Waals surface area contributed by atoms with Crippen LogP contribution < -0.4 is 5.32 Å². The number of nitrogens with zero attached hydrogens (tertiary/aromatic N) is 1. The zero-order valence-corrected chi connectivity index (χ0v) is 11.2. The molecule has 0 aliphatic heterocycles. The summed E-state index contributed by atoms with van der Waals surface area (Å²) in [4.78, 5) is 2.48. The molecule has 0 aliphatic carbocycles. The van der Waals surface area contributed by atoms with E-state index in [4.69, 9.17) is 4.74 Å². The summed E-state index contributed by atoms with van der Waals surface area (Å²) in [6.45, 7) is 14.0. The second-order valence-corrected chi connectivity index (χ2v) is 4.41. The highest BCUT2D eigenvalue weighted by Crippen LogP contribution is 2.08. The summed E-state index contributed by atoms with van der Waals surface area (Å²) in [5, 5.41) is 3.47. The summed E-state index contributed by atoms with van der Waals surface area (Å²) in [7, 11) is 1.76. The largest absolute Gasteiger partial charge is 0.383 e. The van der Waals surface area contributed by atoms with E-state index in [2.05, 4.69) is 44.8 Å². The zero-order chi connectivity index (χ0) is 11.8. The molecule has 0 fully saturated rings. The minimum atomic E-state index is 0.522. The first kappa shape index (κ1) is 14.9. The van der Waals surface area contributed by atoms with Gasteiger partial charge in [-0.2, -0.15) is 0 Å². The number of nitrogens with one attached hydrogen (secondary N) is 1. The molecule has 0 rings (SSSR count). The van der Waals surface area contributed by atoms with E-state index in [-0.39, 0.29) is 0 Å². The monoisotopic (exact) mass is 216 g/mol. The molecule has 0 aromatic rings. The fourth-order valence-corrected chi connectivity index (χ4v) is 1.91. The van der Waals surface area contributed by atoms with Gasteiger partial charge in [0.25, 0.3) is 0 Å². The number of likely N-dealkylation sites (N-methyl/N-ethyl adjacent to an activating group) is 1. The quantitative estimate of drug-likeness (QED) is 0.669. The fourth-order valence-electron chi connectivity index (χ4n) is 1.91. The molecule has 0 heterocycles. The van der Waals surface area contributed by atoms with Crippen LogP contribution in [0.1, 0.15) is 34.6 Å². The molecule has 3 nitrogen and oxygen atoms in total. The maximum absolute atomic E-state index is 5.15. The van der Waals surface area contributed by atoms with Crippen LogP contribution in [0.5, 0.6) is 0 Å². The first-order valence-electron chi connectivity index (χ1n) is 6.02. The maximum Gasteiger partial charge on any atom is 0.0589 e. The van der Waals surface area contributed by atoms with Crippen LogP contribution in [0.25, 0.3) is 0 Å². The highest BCUT2D eigenvalue weighted by Gasteiger charge is 2.21. The second-order valence-electron chi connectivity index (χ2n) is 4.41. The van der Waals surface area contributed by atoms with Crippen molar-refractivity contribution in [1.82, 2.24) is 10.2 Å². The number of rotatable bonds is 8. The first-order valence-corrected chi connectivity index (χ1v) is 6.02. The van der Waals surface area contributed by atoms with Gasteiger partial charge in [0.2, 0.25) is 0 Å². The number of hydrogen-bond donors (Lipinski definition) is 1. The predicted octanol–water partition coefficient (Wildman–Crippen LogP) is 1.73. The van der Waals surface area contributed by atoms with Crippen molar-refractivity contribution in [2.75, 3.05) is 26.8 Å². The lowest BCUT2D eigenvalue weighted by atomic mass is 10.1. The molecule has 0 saturated carbocycles. The topological polar surface area (TPSA) is 24.5 Å². The molecule has 0 aromatic heterocycles. The molecule has 1 N–H and O–H groups in total. The van der Waals surface area contributed by atoms with Crippen molar-refractivity contribution in [2.45, 2.75) is 52.7 Å². The molecule has 2 atom stereocenters. The van der Waals surface area contributed by atoms with Crippen LogP contribution >= 0.6 is 0 Å². The maximum atomic E-state index is 5.15. The summed E-state index contributed by atoms with van der Waals surface area (Å²) < 4.78 is 5.15. The van der Waals surface area contributed by atoms with Gasteiger partial charge >= 0.3 is 0 Å². The van der Waals surface area contributed by atoms with E-state index in [1.165, 1.54) is 0 Å². The van der Waals surface area contributed by atoms with Crippen molar-refractivity contribution in [3.63, 3.8) is 0 Å². The summed E-state index contributed by atoms with van der Waals surface area (Å²) in [6, 6.07) is 1.63. The van der Waals surface area contributed by atoms with Crippen molar-refractivity contribution in [3.8, 4) is 0 Å². The zero-order valence-electron chi connectivity index (χ0n) is 11.2. The van der Waals surface area contributed by atoms with Crippen molar-refractivity contribution in [1.29, 1.82) is 0 Å². The third-order valence-electron chi connectivity index (χ3n) is 2.99. The Hall–Kier alpha value is -0.120. The van der Waals surface area contributed by atoms with Crippen LogP contribution in [-0.2, 0) is 4.74 Å². The van der Waals surface area contributed by atoms with Gasteiger partial charge in [-0.05, 0) is 34.2 Å². The van der Waals surface area contributed by atoms with Gasteiger partial charge in [-0.15, -0.1) is 0 Å². The summed E-state index contributed by atoms with van der Waals surface area (Å²) in [5.41, 5.74) is 0. The normalized spacial score (nSPS) is 16.0. The van der Waals surface area contributed by atoms with Gasteiger partial charge in [0.05, 0.1) is 6.61 Å². The first-order chi connectivity index (χ1) is 7.04. The minimum absolute atomic E-state index is 0.522. The van der Waals surface area contributed by atoms with Crippen LogP contribution in [0.2, 0.25) is 0 Å². The van der Waals surface area contributed by atoms with Gasteiger partial charge in [-0.3, -0.25) is 4.90 Å². The number of hydrogen-bond acceptors (Lipinski definition) is 3. The Balaban J connectivity index is 4.20. The Morgan fingerprint density at radius 2 is 1.80 bits per heavy atom. The molecule has 15 heavy (non-hydrogen) atoms. The molecule has 0 amide bonds. The molecule has 3 heteroatoms. The molecule has 0 spiro atoms. The highest BCUT2D eigenvalue weighted by atomic mass is 16.5. The minimum Gasteiger partial charge on any atom is -0.383 e. The Labute approximate surface area is 95.2 Å². The Morgan fingerprint density at radius 1 is 1.20 bits per heavy atom. The third kappa shape index (κ3) is 5.50. The second kappa shape index (κ2) is 8.08. The molecule has 0 bridgehead atoms. The van der Waals surface area contributed by atoms with E-state index in [9.17, 15) is 0 Å². The van der Waals surface area contributed by atoms with Crippen LogP contribution in [0.4, 0.5) is 0 Å². The average molecular weight is 216 g/mol. The van der Waals surface area contributed by atoms with Gasteiger partial charge in [-0.1, -0.05) is 6.92 Å². The molecule has 0 radical (unpaired) electrons. The summed E-state index contributed by atoms with van der Waals surface area (Å²) in [5.74, 6) is 0. The Morgan fingerprint density at radius 3 is 2.20 bits per heavy atom. The lowest BCUT2D eigenvalue weighted by molar-refractivity contribution is 0.0884. The molecule has 0 aliphatic rings. The standard InChI is InChI=1S/C12H28N2O/c1-7-13-11(4)12(5)14(10(2)3)8-9-15-6/h10-13H,7-9H2,1-6H3. The average Bonchev–Trinajstić information content (AvgIpc) is 2.18. The number of methoxy groups -OCH3 is 1. The van der Waals surface area contributed by atoms with Gasteiger partial charge in [-0.25, -0.2) is 0 Å². The molecule has 0 saturated heterocycles. The highest BCUT2D eigenvalue weighted by molar-refractivity contribution is 4.79. The van der Waals surface area contributed by atoms with Crippen molar-refractivity contribution in [2.24, 2.45) is 0 Å². The molecular weight excluding hydrogens is 188 g/mol. The Bertz CT molecular complexity index is 151. The van der Waals surface area contributed by atoms with Gasteiger partial charge in [0.1, 0.15) is 0 Å². The van der Waals surface area contributed by atoms with Crippen LogP contribution in [0.15, 0.2) is 0 Å². The molecular formula is C12H28N2O. The van der Waals surface area contributed by atoms with Crippen molar-refractivity contribution >= 4 is 0 Å². The SMILES string of the molecule is CCNC(C)C(C)N(CCOC)C(C)C. The van der Waals surface area contributed by atoms with Crippen LogP contribution in [-0.4, -0.2) is 49.8 Å². The number of ether oxygens (including phenoxy) is 1. The third-order valence-corrected chi connectivity index (χ3v) is 2.99. The molecule has 92 valence electrons. The van der Waals surface area contributed by atoms with E-state index < -0.39 is 0 Å². The van der Waals surface area contributed by atoms with E-state index >= 15 is 0 Å². The van der Waals surface area contributed by atoms with E-state index in [0.717, 1.165) is 19.7 Å². The predicted molar refractivity (Wildman–Crippen MR) is 66.3 cm³/mol. The van der Waals surface area contributed by atoms with Crippen molar-refractivity contribution < 1.29 is 4.74 Å². The van der Waals surface area contributed by atoms with E-state index in [0.29, 0.717) is 18.1 Å². The Kier molecular flexibility index (Phi) is 8.02. The van der Waals surface area contributed by atoms with Crippen LogP contribution in [0, 0.1) is 0 Å². The fraction of sp³-hybridized carbons (Fsp3) is 1.00. The van der Waals surface area contributed by atoms with Gasteiger partial charge in [0, 0.05) is 31.8 Å². The van der Waals surface area contributed by atoms with E-state index in [1.807, 2.05) is 0 Å². The molecule has 2 unspecified atom stereocenters. The molecule has 0 aromatic carbocycles. The lowest BCUT2D eigenvalue weighted by Crippen LogP contribution is -2.50. The van der Waals surface area contributed by atoms with Gasteiger partial charge in [0.15, 0.2) is 0 Å². The van der Waals surface area contributed by atoms with Crippen molar-refractivity contribution in [3.05, 3.63) is 0 Å². The van der Waals surface area contributed by atoms with Gasteiger partial charge < -0.3 is 10.1 Å². The van der Waals surface area contributed by atoms with Crippen LogP contribution in [0.3, 0.4) is 0 Å². The van der Waals surface area contributed by atoms with E-state index in [1.54, 1.807) is 7.11 Å². The summed E-state index contributed by atoms with van der Waals surface area (Å²) in [6.07, 6.45) is 0. The smallest absolute Gasteiger partial charge is 0.0589 e. The lowest BCUT2D eigenvalue weighted by Gasteiger charge is -2.36.